The Bertz CT molecular complexity index is 597. The van der Waals surface area contributed by atoms with E-state index in [2.05, 4.69) is 41.0 Å². The van der Waals surface area contributed by atoms with E-state index in [-0.39, 0.29) is 0 Å². The first kappa shape index (κ1) is 12.6. The topological polar surface area (TPSA) is 12.0 Å². The smallest absolute Gasteiger partial charge is 0.0334 e. The molecule has 0 radical (unpaired) electrons. The molecule has 0 spiro atoms. The fraction of sp³-hybridized carbons (Fsp3) is 0.444. The van der Waals surface area contributed by atoms with Gasteiger partial charge in [0.15, 0.2) is 0 Å². The molecule has 1 nitrogen and oxygen atoms in total. The van der Waals surface area contributed by atoms with E-state index in [9.17, 15) is 0 Å². The molecule has 1 fully saturated rings. The van der Waals surface area contributed by atoms with Crippen LogP contribution in [0, 0.1) is 0 Å². The number of benzene rings is 1. The van der Waals surface area contributed by atoms with E-state index in [0.29, 0.717) is 6.04 Å². The summed E-state index contributed by atoms with van der Waals surface area (Å²) < 4.78 is 0. The predicted octanol–water partition coefficient (Wildman–Crippen LogP) is 4.79. The van der Waals surface area contributed by atoms with Gasteiger partial charge < -0.3 is 5.32 Å². The monoisotopic (exact) mass is 283 g/mol. The summed E-state index contributed by atoms with van der Waals surface area (Å²) in [4.78, 5) is 1.60. The molecule has 104 valence electrons. The maximum atomic E-state index is 3.77. The largest absolute Gasteiger partial charge is 0.306 e. The Morgan fingerprint density at radius 1 is 1.15 bits per heavy atom. The van der Waals surface area contributed by atoms with Gasteiger partial charge in [0.05, 0.1) is 0 Å². The zero-order chi connectivity index (χ0) is 13.4. The SMILES string of the molecule is c1cc(CNC2CCCc3sccc32)cc(C2CC2)c1. The number of aryl methyl sites for hydroxylation is 1. The van der Waals surface area contributed by atoms with E-state index in [1.807, 2.05) is 11.3 Å². The van der Waals surface area contributed by atoms with Gasteiger partial charge in [-0.1, -0.05) is 24.3 Å². The van der Waals surface area contributed by atoms with Gasteiger partial charge in [-0.05, 0) is 66.2 Å². The lowest BCUT2D eigenvalue weighted by Crippen LogP contribution is -2.23. The first-order chi connectivity index (χ1) is 9.90. The Morgan fingerprint density at radius 2 is 2.10 bits per heavy atom. The Morgan fingerprint density at radius 3 is 3.00 bits per heavy atom. The molecule has 1 heterocycles. The third-order valence-electron chi connectivity index (χ3n) is 4.60. The van der Waals surface area contributed by atoms with E-state index < -0.39 is 0 Å². The van der Waals surface area contributed by atoms with Gasteiger partial charge in [0, 0.05) is 17.5 Å². The molecule has 2 aliphatic carbocycles. The van der Waals surface area contributed by atoms with Gasteiger partial charge in [0.25, 0.3) is 0 Å². The van der Waals surface area contributed by atoms with Crippen molar-refractivity contribution >= 4 is 11.3 Å². The quantitative estimate of drug-likeness (QED) is 0.850. The van der Waals surface area contributed by atoms with E-state index in [4.69, 9.17) is 0 Å². The van der Waals surface area contributed by atoms with Crippen LogP contribution in [0.5, 0.6) is 0 Å². The second-order valence-electron chi connectivity index (χ2n) is 6.14. The van der Waals surface area contributed by atoms with Crippen molar-refractivity contribution in [3.8, 4) is 0 Å². The minimum absolute atomic E-state index is 0.564. The minimum Gasteiger partial charge on any atom is -0.306 e. The molecule has 1 unspecified atom stereocenters. The predicted molar refractivity (Wildman–Crippen MR) is 85.3 cm³/mol. The van der Waals surface area contributed by atoms with Crippen molar-refractivity contribution in [3.63, 3.8) is 0 Å². The van der Waals surface area contributed by atoms with Crippen LogP contribution in [0.1, 0.15) is 59.2 Å². The second kappa shape index (κ2) is 5.34. The molecule has 4 rings (SSSR count). The average Bonchev–Trinajstić information content (AvgIpc) is 3.23. The first-order valence-electron chi connectivity index (χ1n) is 7.78. The lowest BCUT2D eigenvalue weighted by molar-refractivity contribution is 0.463. The number of hydrogen-bond acceptors (Lipinski definition) is 2. The lowest BCUT2D eigenvalue weighted by Gasteiger charge is -2.24. The van der Waals surface area contributed by atoms with Crippen molar-refractivity contribution in [1.29, 1.82) is 0 Å². The third kappa shape index (κ3) is 2.55. The summed E-state index contributed by atoms with van der Waals surface area (Å²) in [5.74, 6) is 0.855. The van der Waals surface area contributed by atoms with Crippen LogP contribution < -0.4 is 5.32 Å². The van der Waals surface area contributed by atoms with Crippen LogP contribution in [-0.2, 0) is 13.0 Å². The van der Waals surface area contributed by atoms with Crippen LogP contribution in [0.25, 0.3) is 0 Å². The summed E-state index contributed by atoms with van der Waals surface area (Å²) in [5, 5.41) is 6.02. The van der Waals surface area contributed by atoms with Crippen LogP contribution in [-0.4, -0.2) is 0 Å². The van der Waals surface area contributed by atoms with Gasteiger partial charge in [0.1, 0.15) is 0 Å². The molecule has 1 atom stereocenters. The molecule has 0 bridgehead atoms. The van der Waals surface area contributed by atoms with E-state index in [1.54, 1.807) is 16.0 Å². The number of hydrogen-bond donors (Lipinski definition) is 1. The summed E-state index contributed by atoms with van der Waals surface area (Å²) in [6.45, 7) is 1.00. The summed E-state index contributed by atoms with van der Waals surface area (Å²) in [6, 6.07) is 12.1. The van der Waals surface area contributed by atoms with Crippen molar-refractivity contribution in [2.45, 2.75) is 50.6 Å². The molecule has 2 heteroatoms. The molecule has 1 aromatic carbocycles. The Labute approximate surface area is 125 Å². The number of rotatable bonds is 4. The summed E-state index contributed by atoms with van der Waals surface area (Å²) in [5.41, 5.74) is 4.54. The van der Waals surface area contributed by atoms with Crippen LogP contribution >= 0.6 is 11.3 Å². The highest BCUT2D eigenvalue weighted by Crippen LogP contribution is 2.40. The third-order valence-corrected chi connectivity index (χ3v) is 5.60. The van der Waals surface area contributed by atoms with Gasteiger partial charge >= 0.3 is 0 Å². The number of nitrogens with one attached hydrogen (secondary N) is 1. The highest BCUT2D eigenvalue weighted by atomic mass is 32.1. The maximum absolute atomic E-state index is 3.77. The molecule has 20 heavy (non-hydrogen) atoms. The van der Waals surface area contributed by atoms with Crippen LogP contribution in [0.15, 0.2) is 35.7 Å². The molecular weight excluding hydrogens is 262 g/mol. The van der Waals surface area contributed by atoms with Crippen LogP contribution in [0.2, 0.25) is 0 Å². The molecule has 0 aliphatic heterocycles. The normalized spacial score (nSPS) is 21.7. The van der Waals surface area contributed by atoms with Gasteiger partial charge in [-0.25, -0.2) is 0 Å². The molecular formula is C18H21NS. The maximum Gasteiger partial charge on any atom is 0.0334 e. The van der Waals surface area contributed by atoms with Gasteiger partial charge in [0.2, 0.25) is 0 Å². The van der Waals surface area contributed by atoms with Crippen molar-refractivity contribution in [3.05, 3.63) is 57.3 Å². The molecule has 1 saturated carbocycles. The molecule has 0 saturated heterocycles. The van der Waals surface area contributed by atoms with E-state index in [1.165, 1.54) is 37.7 Å². The number of thiophene rings is 1. The Balaban J connectivity index is 1.45. The van der Waals surface area contributed by atoms with E-state index in [0.717, 1.165) is 12.5 Å². The standard InChI is InChI=1S/C18H21NS/c1-3-13(11-15(4-1)14-7-8-14)12-19-17-5-2-6-18-16(17)9-10-20-18/h1,3-4,9-11,14,17,19H,2,5-8,12H2. The molecule has 2 aliphatic rings. The fourth-order valence-corrected chi connectivity index (χ4v) is 4.30. The number of fused-ring (bicyclic) bond motifs is 1. The fourth-order valence-electron chi connectivity index (χ4n) is 3.31. The van der Waals surface area contributed by atoms with Crippen LogP contribution in [0.4, 0.5) is 0 Å². The molecule has 1 N–H and O–H groups in total. The molecule has 0 amide bonds. The summed E-state index contributed by atoms with van der Waals surface area (Å²) >= 11 is 1.93. The summed E-state index contributed by atoms with van der Waals surface area (Å²) in [6.07, 6.45) is 6.66. The van der Waals surface area contributed by atoms with Gasteiger partial charge in [-0.2, -0.15) is 0 Å². The van der Waals surface area contributed by atoms with Gasteiger partial charge in [-0.15, -0.1) is 11.3 Å². The Hall–Kier alpha value is -1.12. The molecule has 1 aromatic heterocycles. The molecule has 2 aromatic rings. The lowest BCUT2D eigenvalue weighted by atomic mass is 9.94. The second-order valence-corrected chi connectivity index (χ2v) is 7.14. The first-order valence-corrected chi connectivity index (χ1v) is 8.66. The Kier molecular flexibility index (Phi) is 3.37. The zero-order valence-corrected chi connectivity index (χ0v) is 12.6. The van der Waals surface area contributed by atoms with Crippen molar-refractivity contribution in [2.75, 3.05) is 0 Å². The van der Waals surface area contributed by atoms with Crippen LogP contribution in [0.3, 0.4) is 0 Å². The average molecular weight is 283 g/mol. The summed E-state index contributed by atoms with van der Waals surface area (Å²) in [7, 11) is 0. The zero-order valence-electron chi connectivity index (χ0n) is 11.8. The van der Waals surface area contributed by atoms with Crippen molar-refractivity contribution < 1.29 is 0 Å². The van der Waals surface area contributed by atoms with Gasteiger partial charge in [-0.3, -0.25) is 0 Å². The van der Waals surface area contributed by atoms with Crippen molar-refractivity contribution in [2.24, 2.45) is 0 Å². The highest BCUT2D eigenvalue weighted by Gasteiger charge is 2.24. The minimum atomic E-state index is 0.564. The highest BCUT2D eigenvalue weighted by molar-refractivity contribution is 7.10. The van der Waals surface area contributed by atoms with Crippen molar-refractivity contribution in [1.82, 2.24) is 5.32 Å². The van der Waals surface area contributed by atoms with E-state index >= 15 is 0 Å².